The maximum atomic E-state index is 14.2. The number of ether oxygens (including phenoxy) is 1. The van der Waals surface area contributed by atoms with Gasteiger partial charge < -0.3 is 20.7 Å². The van der Waals surface area contributed by atoms with Crippen molar-refractivity contribution in [3.8, 4) is 0 Å². The van der Waals surface area contributed by atoms with Crippen molar-refractivity contribution in [2.75, 3.05) is 17.7 Å². The van der Waals surface area contributed by atoms with Crippen LogP contribution in [-0.2, 0) is 27.2 Å². The summed E-state index contributed by atoms with van der Waals surface area (Å²) in [7, 11) is 1.37. The molecule has 2 aromatic heterocycles. The van der Waals surface area contributed by atoms with E-state index in [-0.39, 0.29) is 17.0 Å². The van der Waals surface area contributed by atoms with E-state index in [2.05, 4.69) is 36.7 Å². The molecular formula is C42H41N3O5S3. The normalized spacial score (nSPS) is 14.8. The van der Waals surface area contributed by atoms with Crippen LogP contribution in [0.2, 0.25) is 0 Å². The van der Waals surface area contributed by atoms with Crippen molar-refractivity contribution in [3.63, 3.8) is 0 Å². The molecule has 11 heteroatoms. The van der Waals surface area contributed by atoms with E-state index in [1.165, 1.54) is 41.5 Å². The van der Waals surface area contributed by atoms with Gasteiger partial charge in [-0.15, -0.1) is 23.1 Å². The minimum absolute atomic E-state index is 0.0886. The minimum atomic E-state index is -0.687. The van der Waals surface area contributed by atoms with E-state index in [4.69, 9.17) is 4.74 Å². The van der Waals surface area contributed by atoms with Crippen LogP contribution in [0.15, 0.2) is 112 Å². The lowest BCUT2D eigenvalue weighted by molar-refractivity contribution is -0.116. The summed E-state index contributed by atoms with van der Waals surface area (Å²) < 4.78 is 5.20. The number of rotatable bonds is 11. The summed E-state index contributed by atoms with van der Waals surface area (Å²) in [5.74, 6) is -1.17. The zero-order valence-corrected chi connectivity index (χ0v) is 32.4. The first-order valence-corrected chi connectivity index (χ1v) is 19.9. The molecule has 0 aliphatic heterocycles. The number of esters is 1. The summed E-state index contributed by atoms with van der Waals surface area (Å²) in [6.07, 6.45) is 4.20. The third-order valence-electron chi connectivity index (χ3n) is 9.19. The second-order valence-electron chi connectivity index (χ2n) is 13.8. The highest BCUT2D eigenvalue weighted by Gasteiger charge is 2.35. The van der Waals surface area contributed by atoms with Gasteiger partial charge in [0.05, 0.1) is 12.7 Å². The Kier molecular flexibility index (Phi) is 12.0. The fourth-order valence-corrected chi connectivity index (χ4v) is 9.28. The predicted molar refractivity (Wildman–Crippen MR) is 216 cm³/mol. The molecule has 1 aliphatic carbocycles. The maximum Gasteiger partial charge on any atom is 0.341 e. The van der Waals surface area contributed by atoms with Crippen LogP contribution >= 0.6 is 34.4 Å². The quantitative estimate of drug-likeness (QED) is 0.0702. The smallest absolute Gasteiger partial charge is 0.341 e. The summed E-state index contributed by atoms with van der Waals surface area (Å²) in [5.41, 5.74) is 4.11. The largest absolute Gasteiger partial charge is 0.465 e. The number of amides is 3. The molecule has 6 rings (SSSR count). The Morgan fingerprint density at radius 3 is 2.34 bits per heavy atom. The average molecular weight is 764 g/mol. The van der Waals surface area contributed by atoms with Gasteiger partial charge in [-0.3, -0.25) is 14.4 Å². The molecule has 5 aromatic rings. The van der Waals surface area contributed by atoms with Gasteiger partial charge >= 0.3 is 5.97 Å². The standard InChI is InChI=1S/C42H41N3O5S3/c1-42(2,3)29-18-19-32-34(23-29)53-40(35(32)41(49)50-4)45-39(48)36(27-12-7-5-8-13-27)52-31-17-11-16-30(24-31)43-38(47)33(22-26-20-21-51-25-26)44-37(46)28-14-9-6-10-15-28/h5-17,20-22,24-25,29,36H,18-19,23H2,1-4H3,(H,43,47)(H,44,46)(H,45,48)/b33-22-. The number of thiophene rings is 2. The summed E-state index contributed by atoms with van der Waals surface area (Å²) in [4.78, 5) is 55.9. The number of carbonyl (C=O) groups excluding carboxylic acids is 4. The van der Waals surface area contributed by atoms with Crippen molar-refractivity contribution in [3.05, 3.63) is 140 Å². The average Bonchev–Trinajstić information content (AvgIpc) is 3.81. The van der Waals surface area contributed by atoms with Gasteiger partial charge in [0.25, 0.3) is 11.8 Å². The predicted octanol–water partition coefficient (Wildman–Crippen LogP) is 9.63. The molecule has 3 N–H and O–H groups in total. The fourth-order valence-electron chi connectivity index (χ4n) is 6.26. The Labute approximate surface area is 322 Å². The van der Waals surface area contributed by atoms with Gasteiger partial charge in [0.15, 0.2) is 0 Å². The molecule has 53 heavy (non-hydrogen) atoms. The molecule has 1 aliphatic rings. The highest BCUT2D eigenvalue weighted by Crippen LogP contribution is 2.45. The number of benzene rings is 3. The van der Waals surface area contributed by atoms with E-state index < -0.39 is 23.0 Å². The Morgan fingerprint density at radius 1 is 0.925 bits per heavy atom. The third kappa shape index (κ3) is 9.34. The van der Waals surface area contributed by atoms with Crippen molar-refractivity contribution < 1.29 is 23.9 Å². The van der Waals surface area contributed by atoms with Gasteiger partial charge in [-0.2, -0.15) is 11.3 Å². The van der Waals surface area contributed by atoms with Crippen LogP contribution in [0.4, 0.5) is 10.7 Å². The first-order valence-electron chi connectivity index (χ1n) is 17.3. The lowest BCUT2D eigenvalue weighted by atomic mass is 9.72. The zero-order chi connectivity index (χ0) is 37.5. The van der Waals surface area contributed by atoms with E-state index in [9.17, 15) is 19.2 Å². The van der Waals surface area contributed by atoms with Gasteiger partial charge in [-0.1, -0.05) is 75.4 Å². The van der Waals surface area contributed by atoms with Gasteiger partial charge in [0.1, 0.15) is 15.9 Å². The van der Waals surface area contributed by atoms with Gasteiger partial charge in [0, 0.05) is 21.0 Å². The molecule has 0 radical (unpaired) electrons. The number of carbonyl (C=O) groups is 4. The van der Waals surface area contributed by atoms with Gasteiger partial charge in [-0.05, 0) is 101 Å². The first-order chi connectivity index (χ1) is 25.5. The van der Waals surface area contributed by atoms with Crippen LogP contribution in [-0.4, -0.2) is 30.8 Å². The SMILES string of the molecule is COC(=O)c1c(NC(=O)C(Sc2cccc(NC(=O)/C(=C/c3ccsc3)NC(=O)c3ccccc3)c2)c2ccccc2)sc2c1CCC(C(C)(C)C)C2. The molecule has 2 heterocycles. The molecule has 0 saturated heterocycles. The lowest BCUT2D eigenvalue weighted by Crippen LogP contribution is -2.30. The summed E-state index contributed by atoms with van der Waals surface area (Å²) >= 11 is 4.28. The molecule has 3 amide bonds. The van der Waals surface area contributed by atoms with Crippen molar-refractivity contribution in [2.24, 2.45) is 11.3 Å². The number of hydrogen-bond acceptors (Lipinski definition) is 8. The molecule has 2 atom stereocenters. The van der Waals surface area contributed by atoms with Crippen LogP contribution in [0, 0.1) is 11.3 Å². The van der Waals surface area contributed by atoms with E-state index >= 15 is 0 Å². The number of hydrogen-bond donors (Lipinski definition) is 3. The number of nitrogens with one attached hydrogen (secondary N) is 3. The van der Waals surface area contributed by atoms with Crippen LogP contribution < -0.4 is 16.0 Å². The maximum absolute atomic E-state index is 14.2. The molecule has 0 spiro atoms. The van der Waals surface area contributed by atoms with Crippen molar-refractivity contribution >= 4 is 74.9 Å². The zero-order valence-electron chi connectivity index (χ0n) is 29.9. The molecule has 0 fully saturated rings. The highest BCUT2D eigenvalue weighted by atomic mass is 32.2. The Balaban J connectivity index is 1.24. The number of fused-ring (bicyclic) bond motifs is 1. The summed E-state index contributed by atoms with van der Waals surface area (Å²) in [6.45, 7) is 6.73. The van der Waals surface area contributed by atoms with E-state index in [0.717, 1.165) is 45.7 Å². The molecule has 8 nitrogen and oxygen atoms in total. The van der Waals surface area contributed by atoms with E-state index in [1.54, 1.807) is 48.5 Å². The topological polar surface area (TPSA) is 114 Å². The highest BCUT2D eigenvalue weighted by molar-refractivity contribution is 8.00. The molecule has 2 unspecified atom stereocenters. The third-order valence-corrected chi connectivity index (χ3v) is 12.3. The van der Waals surface area contributed by atoms with E-state index in [0.29, 0.717) is 27.7 Å². The monoisotopic (exact) mass is 763 g/mol. The number of methoxy groups -OCH3 is 1. The Bertz CT molecular complexity index is 2120. The molecule has 0 saturated carbocycles. The first kappa shape index (κ1) is 37.8. The van der Waals surface area contributed by atoms with Crippen LogP contribution in [0.3, 0.4) is 0 Å². The van der Waals surface area contributed by atoms with Crippen LogP contribution in [0.5, 0.6) is 0 Å². The minimum Gasteiger partial charge on any atom is -0.465 e. The van der Waals surface area contributed by atoms with Crippen molar-refractivity contribution in [2.45, 2.75) is 50.2 Å². The van der Waals surface area contributed by atoms with Gasteiger partial charge in [-0.25, -0.2) is 4.79 Å². The Hall–Kier alpha value is -4.97. The van der Waals surface area contributed by atoms with E-state index in [1.807, 2.05) is 59.3 Å². The molecule has 3 aromatic carbocycles. The number of thioether (sulfide) groups is 1. The second kappa shape index (κ2) is 16.8. The summed E-state index contributed by atoms with van der Waals surface area (Å²) in [6, 6.07) is 27.2. The van der Waals surface area contributed by atoms with Crippen LogP contribution in [0.25, 0.3) is 6.08 Å². The fraction of sp³-hybridized carbons (Fsp3) is 0.238. The number of anilines is 2. The van der Waals surface area contributed by atoms with Crippen LogP contribution in [0.1, 0.15) is 74.7 Å². The Morgan fingerprint density at radius 2 is 1.66 bits per heavy atom. The van der Waals surface area contributed by atoms with Crippen molar-refractivity contribution in [1.29, 1.82) is 0 Å². The van der Waals surface area contributed by atoms with Crippen molar-refractivity contribution in [1.82, 2.24) is 5.32 Å². The summed E-state index contributed by atoms with van der Waals surface area (Å²) in [5, 5.41) is 12.4. The van der Waals surface area contributed by atoms with Gasteiger partial charge in [0.2, 0.25) is 5.91 Å². The molecule has 272 valence electrons. The second-order valence-corrected chi connectivity index (χ2v) is 16.9. The molecule has 0 bridgehead atoms. The molecular weight excluding hydrogens is 723 g/mol. The lowest BCUT2D eigenvalue weighted by Gasteiger charge is -2.33.